The molecule has 0 aromatic heterocycles. The van der Waals surface area contributed by atoms with Crippen LogP contribution in [0.15, 0.2) is 36.4 Å². The third kappa shape index (κ3) is 5.25. The molecule has 1 unspecified atom stereocenters. The number of hydrogen-bond acceptors (Lipinski definition) is 5. The van der Waals surface area contributed by atoms with Crippen LogP contribution in [0.3, 0.4) is 0 Å². The number of ether oxygens (including phenoxy) is 3. The van der Waals surface area contributed by atoms with Crippen LogP contribution in [0.1, 0.15) is 73.1 Å². The van der Waals surface area contributed by atoms with E-state index in [0.29, 0.717) is 12.8 Å². The van der Waals surface area contributed by atoms with E-state index in [1.165, 1.54) is 18.2 Å². The van der Waals surface area contributed by atoms with Gasteiger partial charge in [-0.1, -0.05) is 24.3 Å². The molecule has 3 aromatic carbocycles. The number of carbonyl (C=O) groups excluding carboxylic acids is 2. The van der Waals surface area contributed by atoms with Crippen LogP contribution in [-0.2, 0) is 31.9 Å². The second-order valence-corrected chi connectivity index (χ2v) is 11.9. The number of methoxy groups -OCH3 is 1. The molecule has 6 heteroatoms. The van der Waals surface area contributed by atoms with Crippen molar-refractivity contribution >= 4 is 17.6 Å². The van der Waals surface area contributed by atoms with Crippen molar-refractivity contribution in [1.82, 2.24) is 0 Å². The van der Waals surface area contributed by atoms with E-state index >= 15 is 0 Å². The first-order valence-corrected chi connectivity index (χ1v) is 14.1. The fourth-order valence-corrected chi connectivity index (χ4v) is 5.91. The van der Waals surface area contributed by atoms with Crippen molar-refractivity contribution in [2.24, 2.45) is 0 Å². The van der Waals surface area contributed by atoms with Crippen LogP contribution in [0.4, 0.5) is 5.69 Å². The Hall–Kier alpha value is -3.64. The summed E-state index contributed by atoms with van der Waals surface area (Å²) in [5.74, 6) is 0.409. The van der Waals surface area contributed by atoms with Gasteiger partial charge in [0.25, 0.3) is 0 Å². The van der Waals surface area contributed by atoms with Crippen molar-refractivity contribution in [3.05, 3.63) is 69.8 Å². The Kier molecular flexibility index (Phi) is 7.49. The lowest BCUT2D eigenvalue weighted by atomic mass is 9.79. The first-order valence-electron chi connectivity index (χ1n) is 14.1. The van der Waals surface area contributed by atoms with Gasteiger partial charge in [0.1, 0.15) is 5.75 Å². The summed E-state index contributed by atoms with van der Waals surface area (Å²) in [5, 5.41) is 3.18. The summed E-state index contributed by atoms with van der Waals surface area (Å²) in [6, 6.07) is 12.7. The molecule has 0 saturated carbocycles. The number of hydrogen-bond donors (Lipinski definition) is 1. The van der Waals surface area contributed by atoms with Crippen molar-refractivity contribution < 1.29 is 23.8 Å². The van der Waals surface area contributed by atoms with E-state index in [1.54, 1.807) is 0 Å². The smallest absolute Gasteiger partial charge is 0.339 e. The third-order valence-electron chi connectivity index (χ3n) is 7.90. The second-order valence-electron chi connectivity index (χ2n) is 11.9. The molecule has 0 bridgehead atoms. The van der Waals surface area contributed by atoms with Crippen LogP contribution in [0.25, 0.3) is 22.3 Å². The van der Waals surface area contributed by atoms with E-state index in [2.05, 4.69) is 56.4 Å². The van der Waals surface area contributed by atoms with Crippen molar-refractivity contribution in [3.8, 4) is 28.0 Å². The first kappa shape index (κ1) is 27.9. The van der Waals surface area contributed by atoms with Crippen LogP contribution in [0.2, 0.25) is 0 Å². The largest absolute Gasteiger partial charge is 0.493 e. The quantitative estimate of drug-likeness (QED) is 0.346. The Labute approximate surface area is 237 Å². The predicted octanol–water partition coefficient (Wildman–Crippen LogP) is 7.18. The van der Waals surface area contributed by atoms with Gasteiger partial charge in [0.05, 0.1) is 25.0 Å². The molecular weight excluding hydrogens is 502 g/mol. The maximum absolute atomic E-state index is 13.5. The Bertz CT molecular complexity index is 1500. The molecule has 6 nitrogen and oxygen atoms in total. The Morgan fingerprint density at radius 3 is 2.38 bits per heavy atom. The van der Waals surface area contributed by atoms with Gasteiger partial charge in [0.15, 0.2) is 6.10 Å². The molecule has 2 aliphatic heterocycles. The van der Waals surface area contributed by atoms with Crippen LogP contribution >= 0.6 is 0 Å². The van der Waals surface area contributed by atoms with Gasteiger partial charge in [-0.05, 0) is 117 Å². The molecule has 1 N–H and O–H groups in total. The summed E-state index contributed by atoms with van der Waals surface area (Å²) in [4.78, 5) is 26.3. The number of benzene rings is 3. The van der Waals surface area contributed by atoms with Crippen molar-refractivity contribution in [2.75, 3.05) is 19.0 Å². The normalized spacial score (nSPS) is 15.4. The average Bonchev–Trinajstić information content (AvgIpc) is 2.91. The summed E-state index contributed by atoms with van der Waals surface area (Å²) in [5.41, 5.74) is 10.3. The standard InChI is InChI=1S/C34H39NO5/c1-19-10-11-23(17-20(19)2)29-21(3)28(24-12-14-26-22(18-24)9-8-16-39-26)30(25-13-15-27(36)35-31(25)29)32(33(37)38-7)40-34(4,5)6/h10-12,14,17-18,32H,8-9,13,15-16H2,1-7H3,(H,35,36). The zero-order valence-corrected chi connectivity index (χ0v) is 24.6. The molecule has 40 heavy (non-hydrogen) atoms. The summed E-state index contributed by atoms with van der Waals surface area (Å²) < 4.78 is 17.7. The fourth-order valence-electron chi connectivity index (χ4n) is 5.91. The Balaban J connectivity index is 1.89. The SMILES string of the molecule is COC(=O)C(OC(C)(C)C)c1c2c(c(-c3ccc(C)c(C)c3)c(C)c1-c1ccc3c(c1)CCCO3)NC(=O)CC2. The van der Waals surface area contributed by atoms with Gasteiger partial charge in [0.2, 0.25) is 5.91 Å². The van der Waals surface area contributed by atoms with Gasteiger partial charge in [-0.15, -0.1) is 0 Å². The number of carbonyl (C=O) groups is 2. The monoisotopic (exact) mass is 541 g/mol. The van der Waals surface area contributed by atoms with E-state index in [4.69, 9.17) is 14.2 Å². The molecule has 5 rings (SSSR count). The van der Waals surface area contributed by atoms with E-state index in [-0.39, 0.29) is 5.91 Å². The molecule has 210 valence electrons. The number of amides is 1. The molecule has 0 aliphatic carbocycles. The molecule has 0 radical (unpaired) electrons. The number of aryl methyl sites for hydroxylation is 3. The summed E-state index contributed by atoms with van der Waals surface area (Å²) >= 11 is 0. The number of rotatable bonds is 5. The minimum absolute atomic E-state index is 0.0343. The van der Waals surface area contributed by atoms with Gasteiger partial charge in [-0.25, -0.2) is 4.79 Å². The highest BCUT2D eigenvalue weighted by molar-refractivity contribution is 6.03. The molecule has 2 heterocycles. The third-order valence-corrected chi connectivity index (χ3v) is 7.90. The molecule has 0 fully saturated rings. The molecule has 1 atom stereocenters. The molecule has 0 spiro atoms. The molecule has 0 saturated heterocycles. The topological polar surface area (TPSA) is 73.9 Å². The highest BCUT2D eigenvalue weighted by atomic mass is 16.6. The number of anilines is 1. The molecule has 1 amide bonds. The van der Waals surface area contributed by atoms with Crippen molar-refractivity contribution in [3.63, 3.8) is 0 Å². The fraction of sp³-hybridized carbons (Fsp3) is 0.412. The highest BCUT2D eigenvalue weighted by Gasteiger charge is 2.37. The van der Waals surface area contributed by atoms with E-state index < -0.39 is 17.7 Å². The summed E-state index contributed by atoms with van der Waals surface area (Å²) in [6.07, 6.45) is 1.75. The number of nitrogens with one attached hydrogen (secondary N) is 1. The predicted molar refractivity (Wildman–Crippen MR) is 158 cm³/mol. The zero-order valence-electron chi connectivity index (χ0n) is 24.6. The first-order chi connectivity index (χ1) is 19.0. The molecular formula is C34H39NO5. The zero-order chi connectivity index (χ0) is 28.8. The second kappa shape index (κ2) is 10.7. The van der Waals surface area contributed by atoms with Gasteiger partial charge in [0, 0.05) is 17.5 Å². The van der Waals surface area contributed by atoms with Crippen molar-refractivity contribution in [2.45, 2.75) is 78.9 Å². The Morgan fingerprint density at radius 2 is 1.68 bits per heavy atom. The van der Waals surface area contributed by atoms with Crippen LogP contribution in [0, 0.1) is 20.8 Å². The van der Waals surface area contributed by atoms with E-state index in [0.717, 1.165) is 75.4 Å². The molecule has 3 aromatic rings. The maximum atomic E-state index is 13.5. The van der Waals surface area contributed by atoms with E-state index in [9.17, 15) is 9.59 Å². The van der Waals surface area contributed by atoms with Crippen LogP contribution in [-0.4, -0.2) is 31.2 Å². The minimum atomic E-state index is -0.969. The van der Waals surface area contributed by atoms with Crippen LogP contribution < -0.4 is 10.1 Å². The Morgan fingerprint density at radius 1 is 0.950 bits per heavy atom. The summed E-state index contributed by atoms with van der Waals surface area (Å²) in [6.45, 7) is 12.8. The molecule has 2 aliphatic rings. The lowest BCUT2D eigenvalue weighted by molar-refractivity contribution is -0.164. The minimum Gasteiger partial charge on any atom is -0.493 e. The van der Waals surface area contributed by atoms with Gasteiger partial charge < -0.3 is 19.5 Å². The number of esters is 1. The van der Waals surface area contributed by atoms with Gasteiger partial charge in [-0.3, -0.25) is 4.79 Å². The van der Waals surface area contributed by atoms with Crippen LogP contribution in [0.5, 0.6) is 5.75 Å². The highest BCUT2D eigenvalue weighted by Crippen LogP contribution is 2.49. The number of fused-ring (bicyclic) bond motifs is 2. The summed E-state index contributed by atoms with van der Waals surface area (Å²) in [7, 11) is 1.39. The maximum Gasteiger partial charge on any atom is 0.339 e. The van der Waals surface area contributed by atoms with E-state index in [1.807, 2.05) is 26.8 Å². The average molecular weight is 542 g/mol. The van der Waals surface area contributed by atoms with Gasteiger partial charge >= 0.3 is 5.97 Å². The lowest BCUT2D eigenvalue weighted by Crippen LogP contribution is -2.31. The van der Waals surface area contributed by atoms with Gasteiger partial charge in [-0.2, -0.15) is 0 Å². The lowest BCUT2D eigenvalue weighted by Gasteiger charge is -2.34. The van der Waals surface area contributed by atoms with Crippen molar-refractivity contribution in [1.29, 1.82) is 0 Å².